The van der Waals surface area contributed by atoms with Crippen molar-refractivity contribution in [3.8, 4) is 0 Å². The van der Waals surface area contributed by atoms with Crippen LogP contribution in [0.3, 0.4) is 0 Å². The average molecular weight is 327 g/mol. The minimum atomic E-state index is 0.409. The summed E-state index contributed by atoms with van der Waals surface area (Å²) in [4.78, 5) is 8.78. The van der Waals surface area contributed by atoms with Crippen molar-refractivity contribution in [2.75, 3.05) is 19.6 Å². The number of nitrogens with zero attached hydrogens (tertiary/aromatic N) is 3. The molecule has 1 atom stereocenters. The van der Waals surface area contributed by atoms with E-state index < -0.39 is 0 Å². The summed E-state index contributed by atoms with van der Waals surface area (Å²) in [5.41, 5.74) is 2.64. The Balaban J connectivity index is 1.80. The van der Waals surface area contributed by atoms with Crippen LogP contribution in [-0.2, 0) is 6.54 Å². The van der Waals surface area contributed by atoms with Crippen molar-refractivity contribution < 1.29 is 0 Å². The largest absolute Gasteiger partial charge is 0.357 e. The molecule has 2 aromatic rings. The van der Waals surface area contributed by atoms with Crippen molar-refractivity contribution in [2.45, 2.75) is 39.7 Å². The zero-order valence-electron chi connectivity index (χ0n) is 15.0. The maximum Gasteiger partial charge on any atom is 0.191 e. The lowest BCUT2D eigenvalue weighted by atomic mass is 10.00. The summed E-state index contributed by atoms with van der Waals surface area (Å²) in [7, 11) is 0. The summed E-state index contributed by atoms with van der Waals surface area (Å²) in [5, 5.41) is 6.72. The van der Waals surface area contributed by atoms with E-state index in [4.69, 9.17) is 4.99 Å². The van der Waals surface area contributed by atoms with Crippen molar-refractivity contribution in [3.05, 3.63) is 54.1 Å². The molecule has 5 heteroatoms. The lowest BCUT2D eigenvalue weighted by Crippen LogP contribution is -2.38. The maximum atomic E-state index is 4.73. The summed E-state index contributed by atoms with van der Waals surface area (Å²) in [6.07, 6.45) is 6.69. The summed E-state index contributed by atoms with van der Waals surface area (Å²) in [6.45, 7) is 9.94. The monoisotopic (exact) mass is 327 g/mol. The van der Waals surface area contributed by atoms with Gasteiger partial charge in [0.05, 0.1) is 6.33 Å². The van der Waals surface area contributed by atoms with Crippen LogP contribution >= 0.6 is 0 Å². The van der Waals surface area contributed by atoms with E-state index in [1.54, 1.807) is 0 Å². The molecule has 0 aliphatic rings. The second kappa shape index (κ2) is 9.75. The average Bonchev–Trinajstić information content (AvgIpc) is 3.09. The normalized spacial score (nSPS) is 12.9. The van der Waals surface area contributed by atoms with Gasteiger partial charge < -0.3 is 15.2 Å². The summed E-state index contributed by atoms with van der Waals surface area (Å²) < 4.78 is 2.09. The highest BCUT2D eigenvalue weighted by Gasteiger charge is 2.05. The fourth-order valence-electron chi connectivity index (χ4n) is 2.54. The molecule has 1 aromatic carbocycles. The van der Waals surface area contributed by atoms with E-state index in [1.807, 2.05) is 18.7 Å². The van der Waals surface area contributed by atoms with Crippen LogP contribution in [0.15, 0.2) is 48.0 Å². The molecule has 0 amide bonds. The van der Waals surface area contributed by atoms with E-state index in [0.29, 0.717) is 5.92 Å². The predicted molar refractivity (Wildman–Crippen MR) is 100 cm³/mol. The molecule has 1 unspecified atom stereocenters. The van der Waals surface area contributed by atoms with Crippen molar-refractivity contribution in [3.63, 3.8) is 0 Å². The first kappa shape index (κ1) is 18.0. The number of hydrogen-bond donors (Lipinski definition) is 2. The van der Waals surface area contributed by atoms with Crippen LogP contribution in [0, 0.1) is 6.92 Å². The summed E-state index contributed by atoms with van der Waals surface area (Å²) >= 11 is 0. The van der Waals surface area contributed by atoms with Crippen LogP contribution in [-0.4, -0.2) is 35.1 Å². The van der Waals surface area contributed by atoms with Gasteiger partial charge in [0.25, 0.3) is 0 Å². The molecule has 1 aromatic heterocycles. The Morgan fingerprint density at radius 2 is 2.21 bits per heavy atom. The van der Waals surface area contributed by atoms with Gasteiger partial charge in [0.2, 0.25) is 0 Å². The van der Waals surface area contributed by atoms with Gasteiger partial charge in [0, 0.05) is 44.5 Å². The molecule has 2 rings (SSSR count). The summed E-state index contributed by atoms with van der Waals surface area (Å²) in [5.74, 6) is 1.30. The van der Waals surface area contributed by atoms with E-state index >= 15 is 0 Å². The van der Waals surface area contributed by atoms with Crippen molar-refractivity contribution in [1.29, 1.82) is 0 Å². The number of benzene rings is 1. The fraction of sp³-hybridized carbons (Fsp3) is 0.474. The van der Waals surface area contributed by atoms with Gasteiger partial charge in [-0.25, -0.2) is 4.98 Å². The maximum absolute atomic E-state index is 4.73. The molecule has 0 aliphatic carbocycles. The van der Waals surface area contributed by atoms with E-state index in [9.17, 15) is 0 Å². The van der Waals surface area contributed by atoms with Gasteiger partial charge in [0.15, 0.2) is 5.96 Å². The first-order valence-electron chi connectivity index (χ1n) is 8.73. The zero-order valence-corrected chi connectivity index (χ0v) is 15.0. The topological polar surface area (TPSA) is 54.2 Å². The molecule has 5 nitrogen and oxygen atoms in total. The number of aromatic nitrogens is 2. The van der Waals surface area contributed by atoms with Crippen molar-refractivity contribution in [2.24, 2.45) is 4.99 Å². The minimum Gasteiger partial charge on any atom is -0.357 e. The van der Waals surface area contributed by atoms with Crippen LogP contribution in [0.25, 0.3) is 0 Å². The number of aliphatic imine (C=N–C) groups is 1. The smallest absolute Gasteiger partial charge is 0.191 e. The molecule has 0 radical (unpaired) electrons. The third-order valence-electron chi connectivity index (χ3n) is 3.92. The third kappa shape index (κ3) is 6.07. The number of guanidine groups is 1. The third-order valence-corrected chi connectivity index (χ3v) is 3.92. The number of rotatable bonds is 8. The Morgan fingerprint density at radius 1 is 1.33 bits per heavy atom. The molecule has 1 heterocycles. The first-order valence-corrected chi connectivity index (χ1v) is 8.73. The molecule has 0 fully saturated rings. The molecule has 24 heavy (non-hydrogen) atoms. The van der Waals surface area contributed by atoms with E-state index in [1.165, 1.54) is 11.1 Å². The standard InChI is InChI=1S/C19H29N5/c1-4-21-19(22-9-6-11-24-12-10-20-15-24)23-14-17(3)18-8-5-7-16(2)13-18/h5,7-8,10,12-13,15,17H,4,6,9,11,14H2,1-3H3,(H2,21,22,23). The number of imidazole rings is 1. The van der Waals surface area contributed by atoms with Crippen LogP contribution in [0.4, 0.5) is 0 Å². The van der Waals surface area contributed by atoms with Gasteiger partial charge in [-0.3, -0.25) is 4.99 Å². The van der Waals surface area contributed by atoms with Gasteiger partial charge in [-0.15, -0.1) is 0 Å². The van der Waals surface area contributed by atoms with Gasteiger partial charge in [-0.1, -0.05) is 36.8 Å². The Labute approximate surface area is 145 Å². The molecule has 130 valence electrons. The molecule has 0 aliphatic heterocycles. The van der Waals surface area contributed by atoms with Crippen LogP contribution in [0.2, 0.25) is 0 Å². The fourth-order valence-corrected chi connectivity index (χ4v) is 2.54. The number of nitrogens with one attached hydrogen (secondary N) is 2. The zero-order chi connectivity index (χ0) is 17.2. The van der Waals surface area contributed by atoms with E-state index in [0.717, 1.165) is 38.6 Å². The highest BCUT2D eigenvalue weighted by atomic mass is 15.2. The lowest BCUT2D eigenvalue weighted by molar-refractivity contribution is 0.623. The van der Waals surface area contributed by atoms with Crippen molar-refractivity contribution >= 4 is 5.96 Å². The Hall–Kier alpha value is -2.30. The lowest BCUT2D eigenvalue weighted by Gasteiger charge is -2.14. The van der Waals surface area contributed by atoms with Crippen LogP contribution in [0.5, 0.6) is 0 Å². The minimum absolute atomic E-state index is 0.409. The number of aryl methyl sites for hydroxylation is 2. The second-order valence-corrected chi connectivity index (χ2v) is 6.12. The summed E-state index contributed by atoms with van der Waals surface area (Å²) in [6, 6.07) is 8.67. The Kier molecular flexibility index (Phi) is 7.33. The Bertz CT molecular complexity index is 618. The van der Waals surface area contributed by atoms with Crippen LogP contribution < -0.4 is 10.6 Å². The number of hydrogen-bond acceptors (Lipinski definition) is 2. The van der Waals surface area contributed by atoms with Gasteiger partial charge in [0.1, 0.15) is 0 Å². The van der Waals surface area contributed by atoms with Gasteiger partial charge >= 0.3 is 0 Å². The molecule has 0 spiro atoms. The van der Waals surface area contributed by atoms with Crippen molar-refractivity contribution in [1.82, 2.24) is 20.2 Å². The Morgan fingerprint density at radius 3 is 2.92 bits per heavy atom. The van der Waals surface area contributed by atoms with E-state index in [2.05, 4.69) is 65.2 Å². The molecule has 0 bridgehead atoms. The van der Waals surface area contributed by atoms with Gasteiger partial charge in [-0.05, 0) is 25.8 Å². The highest BCUT2D eigenvalue weighted by Crippen LogP contribution is 2.16. The quantitative estimate of drug-likeness (QED) is 0.445. The molecular weight excluding hydrogens is 298 g/mol. The highest BCUT2D eigenvalue weighted by molar-refractivity contribution is 5.79. The van der Waals surface area contributed by atoms with E-state index in [-0.39, 0.29) is 0 Å². The van der Waals surface area contributed by atoms with Crippen LogP contribution in [0.1, 0.15) is 37.3 Å². The molecule has 0 saturated carbocycles. The SMILES string of the molecule is CCNC(=NCC(C)c1cccc(C)c1)NCCCn1ccnc1. The first-order chi connectivity index (χ1) is 11.7. The molecular formula is C19H29N5. The van der Waals surface area contributed by atoms with Gasteiger partial charge in [-0.2, -0.15) is 0 Å². The predicted octanol–water partition coefficient (Wildman–Crippen LogP) is 2.94. The second-order valence-electron chi connectivity index (χ2n) is 6.12. The molecule has 2 N–H and O–H groups in total. The molecule has 0 saturated heterocycles.